The van der Waals surface area contributed by atoms with Crippen LogP contribution in [0.5, 0.6) is 0 Å². The highest BCUT2D eigenvalue weighted by atomic mass is 16.4. The Balaban J connectivity index is 1.42. The van der Waals surface area contributed by atoms with Gasteiger partial charge in [-0.1, -0.05) is 36.4 Å². The zero-order chi connectivity index (χ0) is 21.8. The lowest BCUT2D eigenvalue weighted by Gasteiger charge is -2.07. The highest BCUT2D eigenvalue weighted by molar-refractivity contribution is 5.93. The molecule has 0 atom stereocenters. The van der Waals surface area contributed by atoms with Crippen LogP contribution in [0.15, 0.2) is 78.1 Å². The van der Waals surface area contributed by atoms with E-state index in [4.69, 9.17) is 5.11 Å². The summed E-state index contributed by atoms with van der Waals surface area (Å²) in [5.41, 5.74) is 2.01. The summed E-state index contributed by atoms with van der Waals surface area (Å²) in [5, 5.41) is 15.5. The van der Waals surface area contributed by atoms with Gasteiger partial charge in [-0.05, 0) is 11.6 Å². The van der Waals surface area contributed by atoms with Crippen molar-refractivity contribution in [2.75, 3.05) is 0 Å². The van der Waals surface area contributed by atoms with Gasteiger partial charge in [-0.3, -0.25) is 14.6 Å². The fourth-order valence-corrected chi connectivity index (χ4v) is 2.92. The van der Waals surface area contributed by atoms with Gasteiger partial charge in [0, 0.05) is 36.8 Å². The highest BCUT2D eigenvalue weighted by Crippen LogP contribution is 2.16. The normalized spacial score (nSPS) is 10.6. The lowest BCUT2D eigenvalue weighted by atomic mass is 10.1. The van der Waals surface area contributed by atoms with Crippen molar-refractivity contribution in [1.82, 2.24) is 25.1 Å². The summed E-state index contributed by atoms with van der Waals surface area (Å²) in [6.45, 7) is 0.212. The monoisotopic (exact) mass is 415 g/mol. The lowest BCUT2D eigenvalue weighted by molar-refractivity contribution is 0.0696. The van der Waals surface area contributed by atoms with Crippen LogP contribution in [0.2, 0.25) is 0 Å². The zero-order valence-electron chi connectivity index (χ0n) is 16.1. The lowest BCUT2D eigenvalue weighted by Crippen LogP contribution is -2.28. The molecule has 0 spiro atoms. The van der Waals surface area contributed by atoms with E-state index in [0.717, 1.165) is 16.8 Å². The average Bonchev–Trinajstić information content (AvgIpc) is 3.29. The number of hydrogen-bond acceptors (Lipinski definition) is 5. The van der Waals surface area contributed by atoms with Crippen molar-refractivity contribution >= 4 is 11.9 Å². The number of nitrogens with zero attached hydrogens (tertiary/aromatic N) is 3. The number of pyridine rings is 2. The SMILES string of the molecule is O=C(O)c1cnn(-c2cc(=O)c(C(=O)NCc3ccc(-c4ccccc4)nc3)c[nH]2)c1. The van der Waals surface area contributed by atoms with Crippen molar-refractivity contribution in [3.8, 4) is 17.1 Å². The molecule has 154 valence electrons. The predicted octanol–water partition coefficient (Wildman–Crippen LogP) is 2.25. The van der Waals surface area contributed by atoms with Crippen LogP contribution >= 0.6 is 0 Å². The number of carbonyl (C=O) groups excluding carboxylic acids is 1. The molecule has 0 aliphatic heterocycles. The number of carboxylic acids is 1. The third-order valence-corrected chi connectivity index (χ3v) is 4.57. The van der Waals surface area contributed by atoms with Gasteiger partial charge in [-0.25, -0.2) is 9.48 Å². The van der Waals surface area contributed by atoms with Crippen molar-refractivity contribution in [1.29, 1.82) is 0 Å². The van der Waals surface area contributed by atoms with Gasteiger partial charge in [0.1, 0.15) is 11.4 Å². The molecule has 1 aromatic carbocycles. The minimum Gasteiger partial charge on any atom is -0.478 e. The van der Waals surface area contributed by atoms with Crippen molar-refractivity contribution in [2.24, 2.45) is 0 Å². The largest absolute Gasteiger partial charge is 0.478 e. The number of rotatable bonds is 6. The second kappa shape index (κ2) is 8.46. The van der Waals surface area contributed by atoms with E-state index < -0.39 is 17.3 Å². The molecule has 0 bridgehead atoms. The predicted molar refractivity (Wildman–Crippen MR) is 112 cm³/mol. The Morgan fingerprint density at radius 1 is 1.10 bits per heavy atom. The molecule has 0 fully saturated rings. The summed E-state index contributed by atoms with van der Waals surface area (Å²) in [6, 6.07) is 14.6. The summed E-state index contributed by atoms with van der Waals surface area (Å²) in [5.74, 6) is -1.42. The third kappa shape index (κ3) is 4.40. The molecule has 0 aliphatic carbocycles. The molecule has 0 radical (unpaired) electrons. The molecule has 3 aromatic heterocycles. The average molecular weight is 415 g/mol. The molecule has 3 N–H and O–H groups in total. The van der Waals surface area contributed by atoms with Gasteiger partial charge < -0.3 is 15.4 Å². The summed E-state index contributed by atoms with van der Waals surface area (Å²) >= 11 is 0. The van der Waals surface area contributed by atoms with Gasteiger partial charge in [0.05, 0.1) is 17.5 Å². The number of aromatic carboxylic acids is 1. The van der Waals surface area contributed by atoms with Crippen molar-refractivity contribution in [3.05, 3.63) is 100 Å². The van der Waals surface area contributed by atoms with Crippen LogP contribution < -0.4 is 10.7 Å². The standard InChI is InChI=1S/C22H17N5O4/c28-19-8-20(27-13-16(11-26-27)22(30)31)24-12-17(19)21(29)25-10-14-6-7-18(23-9-14)15-4-2-1-3-5-15/h1-9,11-13H,10H2,(H,24,28)(H,25,29)(H,30,31). The van der Waals surface area contributed by atoms with Gasteiger partial charge in [-0.15, -0.1) is 0 Å². The number of carbonyl (C=O) groups is 2. The Morgan fingerprint density at radius 2 is 1.90 bits per heavy atom. The maximum Gasteiger partial charge on any atom is 0.338 e. The van der Waals surface area contributed by atoms with E-state index in [1.54, 1.807) is 6.20 Å². The fourth-order valence-electron chi connectivity index (χ4n) is 2.92. The first-order valence-electron chi connectivity index (χ1n) is 9.31. The van der Waals surface area contributed by atoms with Gasteiger partial charge in [-0.2, -0.15) is 5.10 Å². The first kappa shape index (κ1) is 19.8. The number of aromatic amines is 1. The Morgan fingerprint density at radius 3 is 2.55 bits per heavy atom. The molecular formula is C22H17N5O4. The molecule has 0 unspecified atom stereocenters. The number of nitrogens with one attached hydrogen (secondary N) is 2. The van der Waals surface area contributed by atoms with Crippen LogP contribution in [0.3, 0.4) is 0 Å². The van der Waals surface area contributed by atoms with E-state index in [1.165, 1.54) is 29.3 Å². The van der Waals surface area contributed by atoms with Crippen LogP contribution in [0.1, 0.15) is 26.3 Å². The van der Waals surface area contributed by atoms with E-state index in [2.05, 4.69) is 20.4 Å². The van der Waals surface area contributed by atoms with E-state index >= 15 is 0 Å². The number of benzene rings is 1. The Labute approximate surface area is 176 Å². The summed E-state index contributed by atoms with van der Waals surface area (Å²) < 4.78 is 1.21. The zero-order valence-corrected chi connectivity index (χ0v) is 16.1. The molecule has 9 heteroatoms. The second-order valence-electron chi connectivity index (χ2n) is 6.68. The molecule has 9 nitrogen and oxygen atoms in total. The Hall–Kier alpha value is -4.53. The summed E-state index contributed by atoms with van der Waals surface area (Å²) in [4.78, 5) is 42.9. The molecule has 4 rings (SSSR count). The minimum absolute atomic E-state index is 0.0189. The molecule has 0 aliphatic rings. The minimum atomic E-state index is -1.13. The van der Waals surface area contributed by atoms with E-state index in [0.29, 0.717) is 0 Å². The molecule has 4 aromatic rings. The molecule has 0 saturated heterocycles. The van der Waals surface area contributed by atoms with Crippen LogP contribution in [-0.2, 0) is 6.54 Å². The first-order chi connectivity index (χ1) is 15.0. The number of hydrogen-bond donors (Lipinski definition) is 3. The Bertz CT molecular complexity index is 1290. The first-order valence-corrected chi connectivity index (χ1v) is 9.31. The van der Waals surface area contributed by atoms with Crippen LogP contribution in [0, 0.1) is 0 Å². The molecule has 3 heterocycles. The number of carboxylic acid groups (broad SMARTS) is 1. The summed E-state index contributed by atoms with van der Waals surface area (Å²) in [7, 11) is 0. The van der Waals surface area contributed by atoms with Gasteiger partial charge in [0.2, 0.25) is 0 Å². The van der Waals surface area contributed by atoms with Gasteiger partial charge in [0.15, 0.2) is 5.43 Å². The van der Waals surface area contributed by atoms with Crippen molar-refractivity contribution < 1.29 is 14.7 Å². The maximum absolute atomic E-state index is 12.4. The molecular weight excluding hydrogens is 398 g/mol. The smallest absolute Gasteiger partial charge is 0.338 e. The van der Waals surface area contributed by atoms with Crippen molar-refractivity contribution in [3.63, 3.8) is 0 Å². The summed E-state index contributed by atoms with van der Waals surface area (Å²) in [6.07, 6.45) is 5.37. The number of H-pyrrole nitrogens is 1. The highest BCUT2D eigenvalue weighted by Gasteiger charge is 2.13. The van der Waals surface area contributed by atoms with Crippen LogP contribution in [0.4, 0.5) is 0 Å². The van der Waals surface area contributed by atoms with Crippen LogP contribution in [0.25, 0.3) is 17.1 Å². The fraction of sp³-hybridized carbons (Fsp3) is 0.0455. The van der Waals surface area contributed by atoms with E-state index in [-0.39, 0.29) is 23.5 Å². The number of aromatic nitrogens is 4. The van der Waals surface area contributed by atoms with Gasteiger partial charge >= 0.3 is 5.97 Å². The maximum atomic E-state index is 12.4. The molecule has 0 saturated carbocycles. The van der Waals surface area contributed by atoms with Crippen molar-refractivity contribution in [2.45, 2.75) is 6.54 Å². The quantitative estimate of drug-likeness (QED) is 0.443. The molecule has 31 heavy (non-hydrogen) atoms. The van der Waals surface area contributed by atoms with Crippen LogP contribution in [-0.4, -0.2) is 36.7 Å². The van der Waals surface area contributed by atoms with Gasteiger partial charge in [0.25, 0.3) is 5.91 Å². The molecule has 1 amide bonds. The van der Waals surface area contributed by atoms with E-state index in [1.807, 2.05) is 42.5 Å². The second-order valence-corrected chi connectivity index (χ2v) is 6.68. The van der Waals surface area contributed by atoms with E-state index in [9.17, 15) is 14.4 Å². The third-order valence-electron chi connectivity index (χ3n) is 4.57. The number of amides is 1. The Kier molecular flexibility index (Phi) is 5.39. The topological polar surface area (TPSA) is 130 Å².